The lowest BCUT2D eigenvalue weighted by Crippen LogP contribution is -2.12. The van der Waals surface area contributed by atoms with Gasteiger partial charge in [0.05, 0.1) is 0 Å². The van der Waals surface area contributed by atoms with Crippen molar-refractivity contribution >= 4 is 11.9 Å². The Morgan fingerprint density at radius 3 is 1.68 bits per heavy atom. The highest BCUT2D eigenvalue weighted by Gasteiger charge is 2.14. The molecule has 0 spiro atoms. The first-order valence-electron chi connectivity index (χ1n) is 11.1. The normalized spacial score (nSPS) is 10.7. The number of hydrogen-bond acceptors (Lipinski definition) is 4. The van der Waals surface area contributed by atoms with Crippen LogP contribution in [0.2, 0.25) is 0 Å². The van der Waals surface area contributed by atoms with Crippen molar-refractivity contribution in [1.29, 1.82) is 0 Å². The third kappa shape index (κ3) is 10.5. The van der Waals surface area contributed by atoms with Gasteiger partial charge in [-0.25, -0.2) is 0 Å². The van der Waals surface area contributed by atoms with E-state index in [2.05, 4.69) is 13.8 Å². The molecule has 28 heavy (non-hydrogen) atoms. The molecule has 0 aliphatic carbocycles. The molecule has 0 amide bonds. The van der Waals surface area contributed by atoms with Gasteiger partial charge in [0.1, 0.15) is 0 Å². The van der Waals surface area contributed by atoms with Crippen LogP contribution in [0, 0.1) is 0 Å². The fourth-order valence-corrected chi connectivity index (χ4v) is 3.03. The van der Waals surface area contributed by atoms with Gasteiger partial charge in [0.2, 0.25) is 0 Å². The zero-order chi connectivity index (χ0) is 20.6. The first kappa shape index (κ1) is 24.2. The summed E-state index contributed by atoms with van der Waals surface area (Å²) >= 11 is 0. The number of rotatable bonds is 15. The second-order valence-electron chi connectivity index (χ2n) is 7.41. The fourth-order valence-electron chi connectivity index (χ4n) is 3.03. The van der Waals surface area contributed by atoms with Crippen LogP contribution < -0.4 is 9.47 Å². The zero-order valence-electron chi connectivity index (χ0n) is 18.1. The number of ether oxygens (including phenoxy) is 2. The predicted octanol–water partition coefficient (Wildman–Crippen LogP) is 6.78. The maximum Gasteiger partial charge on any atom is 0.311 e. The third-order valence-electron chi connectivity index (χ3n) is 4.83. The Morgan fingerprint density at radius 1 is 0.679 bits per heavy atom. The van der Waals surface area contributed by atoms with Crippen molar-refractivity contribution in [2.24, 2.45) is 0 Å². The molecule has 4 heteroatoms. The van der Waals surface area contributed by atoms with Crippen molar-refractivity contribution in [3.63, 3.8) is 0 Å². The molecule has 0 saturated carbocycles. The van der Waals surface area contributed by atoms with E-state index in [0.29, 0.717) is 24.3 Å². The Bertz CT molecular complexity index is 580. The number of unbranched alkanes of at least 4 members (excludes halogenated alkanes) is 8. The van der Waals surface area contributed by atoms with Gasteiger partial charge in [-0.05, 0) is 37.0 Å². The van der Waals surface area contributed by atoms with E-state index >= 15 is 0 Å². The number of carbonyl (C=O) groups is 2. The molecule has 4 nitrogen and oxygen atoms in total. The van der Waals surface area contributed by atoms with Crippen LogP contribution in [-0.4, -0.2) is 11.9 Å². The Morgan fingerprint density at radius 2 is 1.18 bits per heavy atom. The van der Waals surface area contributed by atoms with E-state index in [1.165, 1.54) is 25.7 Å². The lowest BCUT2D eigenvalue weighted by molar-refractivity contribution is -0.137. The highest BCUT2D eigenvalue weighted by molar-refractivity contribution is 5.76. The average Bonchev–Trinajstić information content (AvgIpc) is 2.69. The number of carbonyl (C=O) groups excluding carboxylic acids is 2. The zero-order valence-corrected chi connectivity index (χ0v) is 18.1. The highest BCUT2D eigenvalue weighted by atomic mass is 16.6. The molecular weight excluding hydrogens is 352 g/mol. The van der Waals surface area contributed by atoms with Crippen molar-refractivity contribution < 1.29 is 19.1 Å². The summed E-state index contributed by atoms with van der Waals surface area (Å²) in [7, 11) is 0. The Balaban J connectivity index is 2.56. The van der Waals surface area contributed by atoms with Crippen LogP contribution in [0.3, 0.4) is 0 Å². The molecule has 0 N–H and O–H groups in total. The molecule has 1 aromatic carbocycles. The molecule has 1 rings (SSSR count). The lowest BCUT2D eigenvalue weighted by Gasteiger charge is -2.12. The maximum absolute atomic E-state index is 12.2. The number of esters is 2. The predicted molar refractivity (Wildman–Crippen MR) is 114 cm³/mol. The standard InChI is InChI=1S/C24H38O4/c1-4-7-9-11-13-15-23(25)27-21-18-17-20(6-3)19-22(21)28-24(26)16-14-12-10-8-5-2/h17-19H,4-16H2,1-3H3. The molecule has 0 aliphatic rings. The summed E-state index contributed by atoms with van der Waals surface area (Å²) in [4.78, 5) is 24.3. The summed E-state index contributed by atoms with van der Waals surface area (Å²) in [6.07, 6.45) is 12.4. The van der Waals surface area contributed by atoms with E-state index in [9.17, 15) is 9.59 Å². The maximum atomic E-state index is 12.2. The quantitative estimate of drug-likeness (QED) is 0.188. The largest absolute Gasteiger partial charge is 0.423 e. The molecule has 0 fully saturated rings. The topological polar surface area (TPSA) is 52.6 Å². The molecule has 158 valence electrons. The van der Waals surface area contributed by atoms with Crippen LogP contribution in [0.4, 0.5) is 0 Å². The summed E-state index contributed by atoms with van der Waals surface area (Å²) in [5, 5.41) is 0. The van der Waals surface area contributed by atoms with Gasteiger partial charge in [-0.3, -0.25) is 9.59 Å². The van der Waals surface area contributed by atoms with E-state index in [0.717, 1.165) is 50.5 Å². The first-order valence-corrected chi connectivity index (χ1v) is 11.1. The Kier molecular flexibility index (Phi) is 13.1. The second-order valence-corrected chi connectivity index (χ2v) is 7.41. The molecule has 1 aromatic rings. The van der Waals surface area contributed by atoms with Gasteiger partial charge >= 0.3 is 11.9 Å². The third-order valence-corrected chi connectivity index (χ3v) is 4.83. The van der Waals surface area contributed by atoms with Crippen LogP contribution in [0.5, 0.6) is 11.5 Å². The summed E-state index contributed by atoms with van der Waals surface area (Å²) in [6.45, 7) is 6.38. The van der Waals surface area contributed by atoms with Gasteiger partial charge in [0.15, 0.2) is 11.5 Å². The van der Waals surface area contributed by atoms with Gasteiger partial charge < -0.3 is 9.47 Å². The summed E-state index contributed by atoms with van der Waals surface area (Å²) in [5.41, 5.74) is 1.05. The SMILES string of the molecule is CCCCCCCC(=O)Oc1ccc(CC)cc1OC(=O)CCCCCCC. The van der Waals surface area contributed by atoms with Crippen molar-refractivity contribution in [2.45, 2.75) is 104 Å². The molecule has 0 heterocycles. The van der Waals surface area contributed by atoms with E-state index in [-0.39, 0.29) is 11.9 Å². The monoisotopic (exact) mass is 390 g/mol. The number of benzene rings is 1. The van der Waals surface area contributed by atoms with Crippen molar-refractivity contribution in [2.75, 3.05) is 0 Å². The van der Waals surface area contributed by atoms with E-state index in [4.69, 9.17) is 9.47 Å². The van der Waals surface area contributed by atoms with Crippen LogP contribution in [-0.2, 0) is 16.0 Å². The second kappa shape index (κ2) is 15.1. The van der Waals surface area contributed by atoms with E-state index in [1.807, 2.05) is 13.0 Å². The molecule has 0 bridgehead atoms. The molecule has 0 aliphatic heterocycles. The summed E-state index contributed by atoms with van der Waals surface area (Å²) in [5.74, 6) is 0.173. The van der Waals surface area contributed by atoms with E-state index < -0.39 is 0 Å². The summed E-state index contributed by atoms with van der Waals surface area (Å²) < 4.78 is 11.0. The minimum atomic E-state index is -0.266. The van der Waals surface area contributed by atoms with Gasteiger partial charge in [0, 0.05) is 12.8 Å². The highest BCUT2D eigenvalue weighted by Crippen LogP contribution is 2.30. The summed E-state index contributed by atoms with van der Waals surface area (Å²) in [6, 6.07) is 5.45. The first-order chi connectivity index (χ1) is 13.6. The average molecular weight is 391 g/mol. The molecule has 0 atom stereocenters. The van der Waals surface area contributed by atoms with Gasteiger partial charge in [-0.2, -0.15) is 0 Å². The van der Waals surface area contributed by atoms with Crippen LogP contribution in [0.1, 0.15) is 103 Å². The van der Waals surface area contributed by atoms with Crippen LogP contribution in [0.25, 0.3) is 0 Å². The van der Waals surface area contributed by atoms with E-state index in [1.54, 1.807) is 12.1 Å². The molecule has 0 aromatic heterocycles. The van der Waals surface area contributed by atoms with Crippen molar-refractivity contribution in [3.05, 3.63) is 23.8 Å². The minimum absolute atomic E-state index is 0.262. The van der Waals surface area contributed by atoms with Crippen LogP contribution >= 0.6 is 0 Å². The van der Waals surface area contributed by atoms with Gasteiger partial charge in [-0.15, -0.1) is 0 Å². The number of hydrogen-bond donors (Lipinski definition) is 0. The Hall–Kier alpha value is -1.84. The van der Waals surface area contributed by atoms with Crippen LogP contribution in [0.15, 0.2) is 18.2 Å². The van der Waals surface area contributed by atoms with Gasteiger partial charge in [0.25, 0.3) is 0 Å². The minimum Gasteiger partial charge on any atom is -0.423 e. The smallest absolute Gasteiger partial charge is 0.311 e. The van der Waals surface area contributed by atoms with Crippen molar-refractivity contribution in [3.8, 4) is 11.5 Å². The molecule has 0 unspecified atom stereocenters. The fraction of sp³-hybridized carbons (Fsp3) is 0.667. The molecular formula is C24H38O4. The number of aryl methyl sites for hydroxylation is 1. The molecule has 0 radical (unpaired) electrons. The lowest BCUT2D eigenvalue weighted by atomic mass is 10.1. The van der Waals surface area contributed by atoms with Gasteiger partial charge in [-0.1, -0.05) is 78.2 Å². The Labute approximate surface area is 171 Å². The molecule has 0 saturated heterocycles. The van der Waals surface area contributed by atoms with Crippen molar-refractivity contribution in [1.82, 2.24) is 0 Å².